The number of hydrogen-bond donors (Lipinski definition) is 2. The standard InChI is InChI=1S/C21H21N3O6/c1-21-9-3-2-4-16(21)18(21)19(25)23-22-11-13-6-8-17(30-13)14-7-5-12(24(28)29)10-15(14)20(26)27/h5-8,10-11,16,18H,2-4,9H2,1H3,(H,23,25)(H,26,27)/b22-11-/t16-,18+,21-/m0/s1. The van der Waals surface area contributed by atoms with E-state index in [0.29, 0.717) is 11.7 Å². The highest BCUT2D eigenvalue weighted by molar-refractivity contribution is 5.96. The molecule has 0 aliphatic heterocycles. The van der Waals surface area contributed by atoms with Crippen LogP contribution in [0.2, 0.25) is 0 Å². The topological polar surface area (TPSA) is 135 Å². The second-order valence-corrected chi connectivity index (χ2v) is 8.06. The zero-order valence-corrected chi connectivity index (χ0v) is 16.3. The third-order valence-corrected chi connectivity index (χ3v) is 6.32. The summed E-state index contributed by atoms with van der Waals surface area (Å²) < 4.78 is 5.60. The predicted octanol–water partition coefficient (Wildman–Crippen LogP) is 3.83. The predicted molar refractivity (Wildman–Crippen MR) is 107 cm³/mol. The summed E-state index contributed by atoms with van der Waals surface area (Å²) in [6.07, 6.45) is 5.84. The minimum Gasteiger partial charge on any atom is -0.478 e. The number of nitrogens with one attached hydrogen (secondary N) is 1. The fourth-order valence-electron chi connectivity index (χ4n) is 4.68. The Hall–Kier alpha value is -3.49. The van der Waals surface area contributed by atoms with E-state index in [0.717, 1.165) is 25.3 Å². The van der Waals surface area contributed by atoms with Crippen molar-refractivity contribution in [2.24, 2.45) is 22.4 Å². The Labute approximate surface area is 171 Å². The van der Waals surface area contributed by atoms with Crippen molar-refractivity contribution in [3.05, 3.63) is 51.8 Å². The molecule has 2 aromatic rings. The first-order chi connectivity index (χ1) is 14.3. The fourth-order valence-corrected chi connectivity index (χ4v) is 4.68. The minimum atomic E-state index is -1.30. The lowest BCUT2D eigenvalue weighted by molar-refractivity contribution is -0.384. The van der Waals surface area contributed by atoms with Gasteiger partial charge in [-0.25, -0.2) is 10.2 Å². The molecule has 0 saturated heterocycles. The number of amides is 1. The van der Waals surface area contributed by atoms with Crippen LogP contribution in [0.1, 0.15) is 48.7 Å². The molecule has 156 valence electrons. The van der Waals surface area contributed by atoms with Gasteiger partial charge in [-0.3, -0.25) is 14.9 Å². The zero-order valence-electron chi connectivity index (χ0n) is 16.3. The molecule has 1 aromatic carbocycles. The molecule has 9 heteroatoms. The van der Waals surface area contributed by atoms with E-state index in [4.69, 9.17) is 4.42 Å². The SMILES string of the molecule is C[C@]12CCCC[C@H]1[C@@H]2C(=O)N/N=C\c1ccc(-c2ccc([N+](=O)[O-])cc2C(=O)O)o1. The van der Waals surface area contributed by atoms with Gasteiger partial charge in [-0.1, -0.05) is 19.8 Å². The van der Waals surface area contributed by atoms with Crippen LogP contribution in [0.3, 0.4) is 0 Å². The number of carboxylic acids is 1. The summed E-state index contributed by atoms with van der Waals surface area (Å²) in [5.74, 6) is -0.394. The maximum Gasteiger partial charge on any atom is 0.336 e. The molecule has 9 nitrogen and oxygen atoms in total. The van der Waals surface area contributed by atoms with Crippen molar-refractivity contribution in [2.45, 2.75) is 32.6 Å². The molecule has 2 aliphatic rings. The van der Waals surface area contributed by atoms with Crippen molar-refractivity contribution in [1.29, 1.82) is 0 Å². The number of nitro benzene ring substituents is 1. The number of carbonyl (C=O) groups excluding carboxylic acids is 1. The molecule has 0 spiro atoms. The van der Waals surface area contributed by atoms with Gasteiger partial charge < -0.3 is 9.52 Å². The molecule has 0 bridgehead atoms. The average Bonchev–Trinajstić information content (AvgIpc) is 3.08. The number of furan rings is 1. The van der Waals surface area contributed by atoms with Gasteiger partial charge in [0.05, 0.1) is 16.7 Å². The number of aromatic carboxylic acids is 1. The van der Waals surface area contributed by atoms with Gasteiger partial charge in [0.25, 0.3) is 5.69 Å². The zero-order chi connectivity index (χ0) is 21.5. The number of nitro groups is 1. The normalized spacial score (nSPS) is 25.0. The number of carbonyl (C=O) groups is 2. The molecule has 3 atom stereocenters. The average molecular weight is 411 g/mol. The number of carboxylic acid groups (broad SMARTS) is 1. The first-order valence-electron chi connectivity index (χ1n) is 9.76. The van der Waals surface area contributed by atoms with E-state index in [2.05, 4.69) is 17.5 Å². The first-order valence-corrected chi connectivity index (χ1v) is 9.76. The Morgan fingerprint density at radius 3 is 2.80 bits per heavy atom. The number of non-ortho nitro benzene ring substituents is 1. The van der Waals surface area contributed by atoms with Gasteiger partial charge in [0.2, 0.25) is 5.91 Å². The molecular formula is C21H21N3O6. The Kier molecular flexibility index (Phi) is 4.89. The summed E-state index contributed by atoms with van der Waals surface area (Å²) in [7, 11) is 0. The van der Waals surface area contributed by atoms with Crippen molar-refractivity contribution in [3.8, 4) is 11.3 Å². The molecule has 2 saturated carbocycles. The monoisotopic (exact) mass is 411 g/mol. The van der Waals surface area contributed by atoms with Crippen LogP contribution in [0.15, 0.2) is 39.9 Å². The molecule has 0 radical (unpaired) electrons. The maximum atomic E-state index is 12.4. The van der Waals surface area contributed by atoms with Crippen LogP contribution in [-0.2, 0) is 4.79 Å². The van der Waals surface area contributed by atoms with Crippen molar-refractivity contribution in [1.82, 2.24) is 5.43 Å². The summed E-state index contributed by atoms with van der Waals surface area (Å²) in [5.41, 5.74) is 2.33. The summed E-state index contributed by atoms with van der Waals surface area (Å²) in [6.45, 7) is 2.16. The Balaban J connectivity index is 1.45. The number of hydrazone groups is 1. The van der Waals surface area contributed by atoms with Crippen molar-refractivity contribution >= 4 is 23.8 Å². The second kappa shape index (κ2) is 7.40. The van der Waals surface area contributed by atoms with E-state index in [1.807, 2.05) is 0 Å². The molecule has 1 amide bonds. The highest BCUT2D eigenvalue weighted by atomic mass is 16.6. The highest BCUT2D eigenvalue weighted by Gasteiger charge is 2.64. The summed E-state index contributed by atoms with van der Waals surface area (Å²) in [5, 5.41) is 24.2. The van der Waals surface area contributed by atoms with Crippen molar-refractivity contribution in [2.75, 3.05) is 0 Å². The van der Waals surface area contributed by atoms with Gasteiger partial charge in [0.15, 0.2) is 0 Å². The largest absolute Gasteiger partial charge is 0.478 e. The van der Waals surface area contributed by atoms with Crippen LogP contribution in [-0.4, -0.2) is 28.1 Å². The molecule has 1 heterocycles. The summed E-state index contributed by atoms with van der Waals surface area (Å²) in [6, 6.07) is 6.67. The third kappa shape index (κ3) is 3.47. The third-order valence-electron chi connectivity index (χ3n) is 6.32. The van der Waals surface area contributed by atoms with Gasteiger partial charge in [-0.05, 0) is 42.4 Å². The van der Waals surface area contributed by atoms with Gasteiger partial charge in [0.1, 0.15) is 11.5 Å². The van der Waals surface area contributed by atoms with Crippen LogP contribution in [0.25, 0.3) is 11.3 Å². The van der Waals surface area contributed by atoms with Gasteiger partial charge in [-0.15, -0.1) is 0 Å². The van der Waals surface area contributed by atoms with Crippen molar-refractivity contribution in [3.63, 3.8) is 0 Å². The maximum absolute atomic E-state index is 12.4. The number of nitrogens with zero attached hydrogens (tertiary/aromatic N) is 2. The first kappa shape index (κ1) is 19.8. The molecule has 2 fully saturated rings. The molecule has 0 unspecified atom stereocenters. The minimum absolute atomic E-state index is 0.00236. The number of hydrogen-bond acceptors (Lipinski definition) is 6. The van der Waals surface area contributed by atoms with Crippen molar-refractivity contribution < 1.29 is 24.0 Å². The Morgan fingerprint density at radius 1 is 1.33 bits per heavy atom. The molecular weight excluding hydrogens is 390 g/mol. The number of rotatable bonds is 6. The lowest BCUT2D eigenvalue weighted by atomic mass is 9.90. The van der Waals surface area contributed by atoms with Gasteiger partial charge in [-0.2, -0.15) is 5.10 Å². The van der Waals surface area contributed by atoms with E-state index in [1.165, 1.54) is 24.8 Å². The Bertz CT molecular complexity index is 1060. The number of benzene rings is 1. The van der Waals surface area contributed by atoms with E-state index in [9.17, 15) is 24.8 Å². The molecule has 30 heavy (non-hydrogen) atoms. The van der Waals surface area contributed by atoms with Crippen LogP contribution in [0, 0.1) is 27.4 Å². The molecule has 2 aliphatic carbocycles. The lowest BCUT2D eigenvalue weighted by Crippen LogP contribution is -2.22. The van der Waals surface area contributed by atoms with E-state index in [-0.39, 0.29) is 39.8 Å². The highest BCUT2D eigenvalue weighted by Crippen LogP contribution is 2.66. The van der Waals surface area contributed by atoms with Crippen LogP contribution >= 0.6 is 0 Å². The van der Waals surface area contributed by atoms with E-state index < -0.39 is 10.9 Å². The van der Waals surface area contributed by atoms with Gasteiger partial charge >= 0.3 is 5.97 Å². The van der Waals surface area contributed by atoms with Crippen LogP contribution < -0.4 is 5.43 Å². The fraction of sp³-hybridized carbons (Fsp3) is 0.381. The van der Waals surface area contributed by atoms with E-state index >= 15 is 0 Å². The summed E-state index contributed by atoms with van der Waals surface area (Å²) in [4.78, 5) is 34.1. The smallest absolute Gasteiger partial charge is 0.336 e. The molecule has 1 aromatic heterocycles. The summed E-state index contributed by atoms with van der Waals surface area (Å²) >= 11 is 0. The second-order valence-electron chi connectivity index (χ2n) is 8.06. The quantitative estimate of drug-likeness (QED) is 0.421. The lowest BCUT2D eigenvalue weighted by Gasteiger charge is -2.15. The Morgan fingerprint density at radius 2 is 2.13 bits per heavy atom. The van der Waals surface area contributed by atoms with Crippen LogP contribution in [0.5, 0.6) is 0 Å². The molecule has 2 N–H and O–H groups in total. The van der Waals surface area contributed by atoms with Gasteiger partial charge in [0, 0.05) is 23.6 Å². The van der Waals surface area contributed by atoms with E-state index in [1.54, 1.807) is 12.1 Å². The number of fused-ring (bicyclic) bond motifs is 1. The van der Waals surface area contributed by atoms with Crippen LogP contribution in [0.4, 0.5) is 5.69 Å². The molecule has 4 rings (SSSR count).